The maximum atomic E-state index is 11.0. The van der Waals surface area contributed by atoms with Crippen LogP contribution < -0.4 is 15.9 Å². The van der Waals surface area contributed by atoms with Crippen LogP contribution >= 0.6 is 11.8 Å². The van der Waals surface area contributed by atoms with Crippen molar-refractivity contribution in [1.82, 2.24) is 0 Å². The monoisotopic (exact) mass is 392 g/mol. The highest BCUT2D eigenvalue weighted by Gasteiger charge is 2.60. The van der Waals surface area contributed by atoms with Crippen LogP contribution in [0.15, 0.2) is 35.9 Å². The van der Waals surface area contributed by atoms with Gasteiger partial charge in [0.2, 0.25) is 11.1 Å². The van der Waals surface area contributed by atoms with E-state index in [1.807, 2.05) is 12.1 Å². The van der Waals surface area contributed by atoms with Gasteiger partial charge >= 0.3 is 0 Å². The van der Waals surface area contributed by atoms with E-state index < -0.39 is 23.2 Å². The Morgan fingerprint density at radius 1 is 1.36 bits per heavy atom. The Morgan fingerprint density at radius 2 is 2.11 bits per heavy atom. The number of thioether (sulfide) groups is 1. The molecule has 2 aliphatic rings. The van der Waals surface area contributed by atoms with Gasteiger partial charge in [0, 0.05) is 23.3 Å². The molecule has 0 spiro atoms. The third kappa shape index (κ3) is 3.11. The molecule has 1 aromatic carbocycles. The van der Waals surface area contributed by atoms with Gasteiger partial charge in [-0.25, -0.2) is 0 Å². The van der Waals surface area contributed by atoms with E-state index >= 15 is 0 Å². The largest absolute Gasteiger partial charge is 0.484 e. The number of rotatable bonds is 4. The summed E-state index contributed by atoms with van der Waals surface area (Å²) in [5.41, 5.74) is 5.13. The van der Waals surface area contributed by atoms with Crippen LogP contribution in [0.25, 0.3) is 0 Å². The average Bonchev–Trinajstić information content (AvgIpc) is 2.71. The second kappa shape index (κ2) is 7.76. The number of nitriles is 3. The smallest absolute Gasteiger partial charge is 0.255 e. The molecule has 28 heavy (non-hydrogen) atoms. The summed E-state index contributed by atoms with van der Waals surface area (Å²) in [4.78, 5) is 11.0. The van der Waals surface area contributed by atoms with Gasteiger partial charge in [-0.05, 0) is 23.3 Å². The fourth-order valence-electron chi connectivity index (χ4n) is 3.98. The third-order valence-corrected chi connectivity index (χ3v) is 6.21. The van der Waals surface area contributed by atoms with Crippen molar-refractivity contribution < 1.29 is 14.9 Å². The minimum absolute atomic E-state index is 0.0721. The topological polar surface area (TPSA) is 149 Å². The first-order chi connectivity index (χ1) is 13.5. The van der Waals surface area contributed by atoms with E-state index in [0.717, 1.165) is 11.3 Å². The molecule has 1 fully saturated rings. The van der Waals surface area contributed by atoms with E-state index in [4.69, 9.17) is 15.9 Å². The number of benzene rings is 1. The minimum Gasteiger partial charge on any atom is -0.484 e. The SMILES string of the molecule is N#C[C@H]1C(=[NH2+])C(C#N)(C#N)[C@@H](c2cccc(OCC(N)=O)c2)[C@H]2CSCC=C12. The number of nitrogens with zero attached hydrogens (tertiary/aromatic N) is 3. The Balaban J connectivity index is 2.14. The van der Waals surface area contributed by atoms with Gasteiger partial charge in [0.05, 0.1) is 18.2 Å². The van der Waals surface area contributed by atoms with E-state index in [1.165, 1.54) is 0 Å². The van der Waals surface area contributed by atoms with Crippen molar-refractivity contribution in [3.63, 3.8) is 0 Å². The van der Waals surface area contributed by atoms with Crippen LogP contribution in [0.3, 0.4) is 0 Å². The van der Waals surface area contributed by atoms with Gasteiger partial charge in [-0.15, -0.1) is 0 Å². The van der Waals surface area contributed by atoms with Crippen molar-refractivity contribution in [2.75, 3.05) is 18.1 Å². The fraction of sp³-hybridized carbons (Fsp3) is 0.350. The molecular formula is C20H18N5O2S+. The van der Waals surface area contributed by atoms with Crippen LogP contribution in [0.1, 0.15) is 11.5 Å². The number of hydrogen-bond acceptors (Lipinski definition) is 6. The quantitative estimate of drug-likeness (QED) is 0.704. The maximum absolute atomic E-state index is 11.0. The fourth-order valence-corrected chi connectivity index (χ4v) is 5.06. The van der Waals surface area contributed by atoms with Crippen LogP contribution in [0.2, 0.25) is 0 Å². The molecule has 0 saturated heterocycles. The number of ether oxygens (including phenoxy) is 1. The van der Waals surface area contributed by atoms with E-state index in [0.29, 0.717) is 17.1 Å². The lowest BCUT2D eigenvalue weighted by Gasteiger charge is -2.43. The summed E-state index contributed by atoms with van der Waals surface area (Å²) in [5, 5.41) is 35.9. The highest BCUT2D eigenvalue weighted by molar-refractivity contribution is 7.99. The molecule has 0 bridgehead atoms. The van der Waals surface area contributed by atoms with Gasteiger partial charge in [0.25, 0.3) is 5.91 Å². The van der Waals surface area contributed by atoms with E-state index in [2.05, 4.69) is 18.2 Å². The second-order valence-corrected chi connectivity index (χ2v) is 7.78. The first-order valence-corrected chi connectivity index (χ1v) is 9.77. The number of primary amides is 1. The van der Waals surface area contributed by atoms with Gasteiger partial charge in [0.15, 0.2) is 6.61 Å². The molecule has 0 unspecified atom stereocenters. The van der Waals surface area contributed by atoms with E-state index in [9.17, 15) is 20.6 Å². The van der Waals surface area contributed by atoms with Gasteiger partial charge < -0.3 is 10.5 Å². The maximum Gasteiger partial charge on any atom is 0.255 e. The van der Waals surface area contributed by atoms with Crippen LogP contribution in [0.5, 0.6) is 5.75 Å². The summed E-state index contributed by atoms with van der Waals surface area (Å²) in [7, 11) is 0. The summed E-state index contributed by atoms with van der Waals surface area (Å²) in [6.07, 6.45) is 1.98. The van der Waals surface area contributed by atoms with E-state index in [1.54, 1.807) is 30.0 Å². The normalized spacial score (nSPS) is 25.2. The molecule has 8 heteroatoms. The Kier molecular flexibility index (Phi) is 5.40. The highest BCUT2D eigenvalue weighted by atomic mass is 32.2. The zero-order chi connectivity index (χ0) is 20.3. The Hall–Kier alpha value is -3.28. The van der Waals surface area contributed by atoms with Crippen LogP contribution in [-0.2, 0) is 4.79 Å². The van der Waals surface area contributed by atoms with Crippen LogP contribution in [0, 0.1) is 51.2 Å². The standard InChI is InChI=1S/C20H17N5O2S/c21-7-15-14-4-5-28-9-16(14)18(20(10-22,11-23)19(15)25)12-2-1-3-13(6-12)27-8-17(24)26/h1-4,6,15-16,18,25H,5,8-9H2,(H2,24,26)/p+1/t15-,16+,18+/m1/s1. The number of carbonyl (C=O) groups excluding carboxylic acids is 1. The zero-order valence-electron chi connectivity index (χ0n) is 15.0. The van der Waals surface area contributed by atoms with Crippen molar-refractivity contribution in [1.29, 1.82) is 15.8 Å². The summed E-state index contributed by atoms with van der Waals surface area (Å²) in [6, 6.07) is 13.3. The number of amides is 1. The molecular weight excluding hydrogens is 374 g/mol. The zero-order valence-corrected chi connectivity index (χ0v) is 15.8. The van der Waals surface area contributed by atoms with Gasteiger partial charge in [0.1, 0.15) is 11.7 Å². The minimum atomic E-state index is -1.64. The Labute approximate surface area is 166 Å². The lowest BCUT2D eigenvalue weighted by molar-refractivity contribution is -0.128. The molecule has 3 atom stereocenters. The second-order valence-electron chi connectivity index (χ2n) is 6.70. The van der Waals surface area contributed by atoms with Crippen LogP contribution in [0.4, 0.5) is 0 Å². The third-order valence-electron chi connectivity index (χ3n) is 5.21. The first kappa shape index (κ1) is 19.5. The molecule has 0 radical (unpaired) electrons. The molecule has 3 rings (SSSR count). The Bertz CT molecular complexity index is 968. The number of nitrogens with two attached hydrogens (primary N) is 2. The van der Waals surface area contributed by atoms with Gasteiger partial charge in [-0.3, -0.25) is 10.2 Å². The molecule has 140 valence electrons. The van der Waals surface area contributed by atoms with Gasteiger partial charge in [-0.1, -0.05) is 18.2 Å². The van der Waals surface area contributed by atoms with Crippen LogP contribution in [-0.4, -0.2) is 29.7 Å². The predicted octanol–water partition coefficient (Wildman–Crippen LogP) is 0.311. The number of hydrogen-bond donors (Lipinski definition) is 2. The summed E-state index contributed by atoms with van der Waals surface area (Å²) >= 11 is 1.69. The number of carbonyl (C=O) groups is 1. The molecule has 1 amide bonds. The van der Waals surface area contributed by atoms with Crippen molar-refractivity contribution >= 4 is 23.4 Å². The molecule has 0 aromatic heterocycles. The Morgan fingerprint density at radius 3 is 2.75 bits per heavy atom. The summed E-state index contributed by atoms with van der Waals surface area (Å²) in [5.74, 6) is -0.233. The molecule has 7 nitrogen and oxygen atoms in total. The van der Waals surface area contributed by atoms with Crippen molar-refractivity contribution in [3.05, 3.63) is 41.5 Å². The lowest BCUT2D eigenvalue weighted by atomic mass is 9.55. The molecule has 1 saturated carbocycles. The summed E-state index contributed by atoms with van der Waals surface area (Å²) in [6.45, 7) is -0.273. The van der Waals surface area contributed by atoms with Crippen molar-refractivity contribution in [2.45, 2.75) is 5.92 Å². The number of fused-ring (bicyclic) bond motifs is 1. The first-order valence-electron chi connectivity index (χ1n) is 8.62. The van der Waals surface area contributed by atoms with Gasteiger partial charge in [-0.2, -0.15) is 27.5 Å². The van der Waals surface area contributed by atoms with Crippen molar-refractivity contribution in [3.8, 4) is 24.0 Å². The lowest BCUT2D eigenvalue weighted by Crippen LogP contribution is -2.61. The molecule has 1 aliphatic carbocycles. The average molecular weight is 392 g/mol. The molecule has 1 aromatic rings. The molecule has 1 aliphatic heterocycles. The predicted molar refractivity (Wildman–Crippen MR) is 102 cm³/mol. The molecule has 1 heterocycles. The molecule has 4 N–H and O–H groups in total. The van der Waals surface area contributed by atoms with Crippen molar-refractivity contribution in [2.24, 2.45) is 23.0 Å². The highest BCUT2D eigenvalue weighted by Crippen LogP contribution is 2.53. The van der Waals surface area contributed by atoms with E-state index in [-0.39, 0.29) is 18.2 Å². The number of allylic oxidation sites excluding steroid dienone is 1. The summed E-state index contributed by atoms with van der Waals surface area (Å²) < 4.78 is 5.39.